The summed E-state index contributed by atoms with van der Waals surface area (Å²) < 4.78 is 11.9. The summed E-state index contributed by atoms with van der Waals surface area (Å²) in [6.45, 7) is 11.4. The number of carbonyl (C=O) groups excluding carboxylic acids is 2. The van der Waals surface area contributed by atoms with Crippen LogP contribution in [0.2, 0.25) is 0 Å². The van der Waals surface area contributed by atoms with Crippen LogP contribution in [0, 0.1) is 0 Å². The first-order valence-corrected chi connectivity index (χ1v) is 14.3. The van der Waals surface area contributed by atoms with Crippen molar-refractivity contribution in [3.05, 3.63) is 32.6 Å². The third-order valence-corrected chi connectivity index (χ3v) is 7.61. The quantitative estimate of drug-likeness (QED) is 0.277. The Kier molecular flexibility index (Phi) is 12.7. The molecule has 0 aliphatic heterocycles. The van der Waals surface area contributed by atoms with Gasteiger partial charge >= 0.3 is 0 Å². The molecule has 6 nitrogen and oxygen atoms in total. The largest absolute Gasteiger partial charge is 0.491 e. The fourth-order valence-corrected chi connectivity index (χ4v) is 5.52. The number of hydrogen-bond donors (Lipinski definition) is 0. The zero-order chi connectivity index (χ0) is 24.1. The van der Waals surface area contributed by atoms with Crippen molar-refractivity contribution >= 4 is 46.2 Å². The highest BCUT2D eigenvalue weighted by atomic mass is 32.2. The molecule has 0 bridgehead atoms. The first-order valence-electron chi connectivity index (χ1n) is 11.4. The van der Waals surface area contributed by atoms with Crippen molar-refractivity contribution < 1.29 is 19.1 Å². The SMILES string of the molecule is CCCN(Cc1sccc1OCCSCCOc1ccsc1CN(CCC)C(C)=O)C(C)=O. The highest BCUT2D eigenvalue weighted by Crippen LogP contribution is 2.28. The van der Waals surface area contributed by atoms with Crippen molar-refractivity contribution in [1.82, 2.24) is 9.80 Å². The van der Waals surface area contributed by atoms with E-state index in [9.17, 15) is 9.59 Å². The Hall–Kier alpha value is -1.71. The van der Waals surface area contributed by atoms with Gasteiger partial charge in [-0.05, 0) is 35.7 Å². The van der Waals surface area contributed by atoms with Crippen molar-refractivity contribution in [2.75, 3.05) is 37.8 Å². The van der Waals surface area contributed by atoms with Gasteiger partial charge in [-0.15, -0.1) is 22.7 Å². The van der Waals surface area contributed by atoms with Crippen LogP contribution in [-0.4, -0.2) is 59.4 Å². The number of thioether (sulfide) groups is 1. The molecule has 33 heavy (non-hydrogen) atoms. The van der Waals surface area contributed by atoms with Crippen molar-refractivity contribution in [2.24, 2.45) is 0 Å². The van der Waals surface area contributed by atoms with Gasteiger partial charge in [0.05, 0.1) is 36.1 Å². The molecule has 0 radical (unpaired) electrons. The van der Waals surface area contributed by atoms with E-state index < -0.39 is 0 Å². The van der Waals surface area contributed by atoms with Crippen LogP contribution in [-0.2, 0) is 22.7 Å². The van der Waals surface area contributed by atoms with Gasteiger partial charge in [0.15, 0.2) is 0 Å². The molecule has 184 valence electrons. The van der Waals surface area contributed by atoms with Gasteiger partial charge in [-0.1, -0.05) is 13.8 Å². The normalized spacial score (nSPS) is 10.8. The first kappa shape index (κ1) is 27.5. The molecule has 2 aromatic heterocycles. The van der Waals surface area contributed by atoms with Gasteiger partial charge in [0, 0.05) is 38.4 Å². The molecule has 0 aliphatic rings. The summed E-state index contributed by atoms with van der Waals surface area (Å²) in [6, 6.07) is 3.97. The molecule has 9 heteroatoms. The second-order valence-electron chi connectivity index (χ2n) is 7.61. The van der Waals surface area contributed by atoms with E-state index in [-0.39, 0.29) is 11.8 Å². The lowest BCUT2D eigenvalue weighted by Crippen LogP contribution is -2.28. The summed E-state index contributed by atoms with van der Waals surface area (Å²) in [6.07, 6.45) is 1.89. The lowest BCUT2D eigenvalue weighted by molar-refractivity contribution is -0.130. The van der Waals surface area contributed by atoms with Crippen molar-refractivity contribution in [3.63, 3.8) is 0 Å². The van der Waals surface area contributed by atoms with Crippen LogP contribution in [0.1, 0.15) is 50.3 Å². The second-order valence-corrected chi connectivity index (χ2v) is 10.8. The molecular weight excluding hydrogens is 476 g/mol. The summed E-state index contributed by atoms with van der Waals surface area (Å²) in [5.41, 5.74) is 0. The number of rotatable bonds is 16. The van der Waals surface area contributed by atoms with Gasteiger partial charge in [-0.25, -0.2) is 0 Å². The molecular formula is C24H36N2O4S3. The molecule has 2 rings (SSSR count). The Morgan fingerprint density at radius 2 is 1.24 bits per heavy atom. The monoisotopic (exact) mass is 512 g/mol. The smallest absolute Gasteiger partial charge is 0.219 e. The highest BCUT2D eigenvalue weighted by Gasteiger charge is 2.14. The Morgan fingerprint density at radius 1 is 0.818 bits per heavy atom. The molecule has 0 unspecified atom stereocenters. The molecule has 0 saturated carbocycles. The van der Waals surface area contributed by atoms with Gasteiger partial charge in [-0.2, -0.15) is 11.8 Å². The van der Waals surface area contributed by atoms with Gasteiger partial charge in [0.2, 0.25) is 11.8 Å². The van der Waals surface area contributed by atoms with Crippen LogP contribution >= 0.6 is 34.4 Å². The maximum atomic E-state index is 11.8. The Labute approximate surface area is 210 Å². The molecule has 0 saturated heterocycles. The van der Waals surface area contributed by atoms with Crippen molar-refractivity contribution in [3.8, 4) is 11.5 Å². The summed E-state index contributed by atoms with van der Waals surface area (Å²) in [5.74, 6) is 3.69. The van der Waals surface area contributed by atoms with E-state index in [1.807, 2.05) is 32.7 Å². The molecule has 2 aromatic rings. The molecule has 0 aliphatic carbocycles. The molecule has 2 amide bonds. The zero-order valence-electron chi connectivity index (χ0n) is 20.1. The van der Waals surface area contributed by atoms with Crippen LogP contribution in [0.25, 0.3) is 0 Å². The molecule has 0 atom stereocenters. The fourth-order valence-electron chi connectivity index (χ4n) is 3.25. The molecule has 0 spiro atoms. The van der Waals surface area contributed by atoms with E-state index in [1.165, 1.54) is 0 Å². The Morgan fingerprint density at radius 3 is 1.61 bits per heavy atom. The van der Waals surface area contributed by atoms with E-state index in [0.29, 0.717) is 26.3 Å². The van der Waals surface area contributed by atoms with Crippen LogP contribution in [0.15, 0.2) is 22.9 Å². The lowest BCUT2D eigenvalue weighted by Gasteiger charge is -2.20. The van der Waals surface area contributed by atoms with Crippen LogP contribution in [0.4, 0.5) is 0 Å². The van der Waals surface area contributed by atoms with Crippen LogP contribution < -0.4 is 9.47 Å². The molecule has 0 fully saturated rings. The molecule has 0 aromatic carbocycles. The third kappa shape index (κ3) is 9.59. The van der Waals surface area contributed by atoms with E-state index in [0.717, 1.165) is 58.7 Å². The maximum Gasteiger partial charge on any atom is 0.219 e. The van der Waals surface area contributed by atoms with Gasteiger partial charge in [0.25, 0.3) is 0 Å². The number of amides is 2. The summed E-state index contributed by atoms with van der Waals surface area (Å²) in [7, 11) is 0. The number of thiophene rings is 2. The van der Waals surface area contributed by atoms with Crippen molar-refractivity contribution in [2.45, 2.75) is 53.6 Å². The predicted molar refractivity (Wildman–Crippen MR) is 140 cm³/mol. The van der Waals surface area contributed by atoms with Gasteiger partial charge in [0.1, 0.15) is 11.5 Å². The predicted octanol–water partition coefficient (Wildman–Crippen LogP) is 5.52. The van der Waals surface area contributed by atoms with Gasteiger partial charge in [-0.3, -0.25) is 9.59 Å². The maximum absolute atomic E-state index is 11.8. The standard InChI is InChI=1S/C24H36N2O4S3/c1-5-9-25(19(3)27)17-23-21(7-13-32-23)29-11-15-31-16-12-30-22-8-14-33-24(22)18-26(10-6-2)20(4)28/h7-8,13-14H,5-6,9-12,15-18H2,1-4H3. The van der Waals surface area contributed by atoms with E-state index in [4.69, 9.17) is 9.47 Å². The summed E-state index contributed by atoms with van der Waals surface area (Å²) in [5, 5.41) is 4.03. The topological polar surface area (TPSA) is 59.1 Å². The Bertz CT molecular complexity index is 784. The summed E-state index contributed by atoms with van der Waals surface area (Å²) >= 11 is 5.06. The fraction of sp³-hybridized carbons (Fsp3) is 0.583. The second kappa shape index (κ2) is 15.2. The number of ether oxygens (including phenoxy) is 2. The minimum absolute atomic E-state index is 0.0971. The summed E-state index contributed by atoms with van der Waals surface area (Å²) in [4.78, 5) is 29.5. The Balaban J connectivity index is 1.68. The van der Waals surface area contributed by atoms with E-state index in [2.05, 4.69) is 13.8 Å². The first-order chi connectivity index (χ1) is 16.0. The molecule has 2 heterocycles. The molecule has 0 N–H and O–H groups in total. The van der Waals surface area contributed by atoms with E-state index in [1.54, 1.807) is 48.3 Å². The van der Waals surface area contributed by atoms with Crippen molar-refractivity contribution in [1.29, 1.82) is 0 Å². The zero-order valence-corrected chi connectivity index (χ0v) is 22.6. The lowest BCUT2D eigenvalue weighted by atomic mass is 10.3. The van der Waals surface area contributed by atoms with E-state index >= 15 is 0 Å². The third-order valence-electron chi connectivity index (χ3n) is 4.93. The van der Waals surface area contributed by atoms with Gasteiger partial charge < -0.3 is 19.3 Å². The van der Waals surface area contributed by atoms with Crippen LogP contribution in [0.5, 0.6) is 11.5 Å². The minimum Gasteiger partial charge on any atom is -0.491 e. The average Bonchev–Trinajstić information content (AvgIpc) is 3.41. The van der Waals surface area contributed by atoms with Crippen LogP contribution in [0.3, 0.4) is 0 Å². The minimum atomic E-state index is 0.0971. The number of nitrogens with zero attached hydrogens (tertiary/aromatic N) is 2. The highest BCUT2D eigenvalue weighted by molar-refractivity contribution is 7.99. The number of carbonyl (C=O) groups is 2. The average molecular weight is 513 g/mol. The number of hydrogen-bond acceptors (Lipinski definition) is 7.